The summed E-state index contributed by atoms with van der Waals surface area (Å²) in [7, 11) is 3.55. The van der Waals surface area contributed by atoms with Gasteiger partial charge in [-0.15, -0.1) is 11.3 Å². The molecule has 1 aliphatic heterocycles. The van der Waals surface area contributed by atoms with Crippen molar-refractivity contribution in [2.24, 2.45) is 4.99 Å². The van der Waals surface area contributed by atoms with E-state index >= 15 is 0 Å². The fraction of sp³-hybridized carbons (Fsp3) is 0.476. The molecule has 0 spiro atoms. The van der Waals surface area contributed by atoms with Crippen LogP contribution in [0.4, 0.5) is 0 Å². The van der Waals surface area contributed by atoms with E-state index < -0.39 is 0 Å². The van der Waals surface area contributed by atoms with Crippen LogP contribution in [0.15, 0.2) is 46.8 Å². The summed E-state index contributed by atoms with van der Waals surface area (Å²) in [6, 6.07) is 13.2. The molecule has 27 heavy (non-hydrogen) atoms. The molecule has 1 aromatic heterocycles. The van der Waals surface area contributed by atoms with Crippen LogP contribution in [0, 0.1) is 0 Å². The highest BCUT2D eigenvalue weighted by molar-refractivity contribution is 7.10. The summed E-state index contributed by atoms with van der Waals surface area (Å²) < 4.78 is 5.22. The summed E-state index contributed by atoms with van der Waals surface area (Å²) in [4.78, 5) is 8.40. The van der Waals surface area contributed by atoms with Crippen molar-refractivity contribution >= 4 is 17.3 Å². The maximum atomic E-state index is 5.22. The standard InChI is InChI=1S/C21H30N4OS/c1-22-21(23-14-17-7-5-8-18(13-17)16-26-2)24-15-19(20-9-6-12-27-20)25-10-3-4-11-25/h5-9,12-13,19H,3-4,10-11,14-16H2,1-2H3,(H2,22,23,24). The number of nitrogens with zero attached hydrogens (tertiary/aromatic N) is 2. The molecule has 146 valence electrons. The van der Waals surface area contributed by atoms with Crippen LogP contribution in [-0.2, 0) is 17.9 Å². The van der Waals surface area contributed by atoms with E-state index in [2.05, 4.69) is 62.3 Å². The van der Waals surface area contributed by atoms with Crippen molar-refractivity contribution in [3.8, 4) is 0 Å². The molecule has 1 atom stereocenters. The molecular formula is C21H30N4OS. The molecule has 5 nitrogen and oxygen atoms in total. The van der Waals surface area contributed by atoms with Gasteiger partial charge >= 0.3 is 0 Å². The molecule has 1 aromatic carbocycles. The fourth-order valence-corrected chi connectivity index (χ4v) is 4.40. The van der Waals surface area contributed by atoms with Gasteiger partial charge in [-0.25, -0.2) is 0 Å². The molecule has 1 saturated heterocycles. The number of benzene rings is 1. The van der Waals surface area contributed by atoms with Gasteiger partial charge in [0.2, 0.25) is 0 Å². The maximum Gasteiger partial charge on any atom is 0.191 e. The molecule has 0 radical (unpaired) electrons. The number of rotatable bonds is 8. The van der Waals surface area contributed by atoms with Crippen LogP contribution in [0.1, 0.15) is 34.9 Å². The molecular weight excluding hydrogens is 356 g/mol. The Labute approximate surface area is 166 Å². The first-order valence-electron chi connectivity index (χ1n) is 9.59. The molecule has 3 rings (SSSR count). The van der Waals surface area contributed by atoms with Crippen LogP contribution >= 0.6 is 11.3 Å². The van der Waals surface area contributed by atoms with Gasteiger partial charge in [-0.3, -0.25) is 9.89 Å². The number of guanidine groups is 1. The molecule has 0 saturated carbocycles. The number of ether oxygens (including phenoxy) is 1. The molecule has 2 aromatic rings. The summed E-state index contributed by atoms with van der Waals surface area (Å²) in [5.74, 6) is 0.841. The lowest BCUT2D eigenvalue weighted by atomic mass is 10.1. The Morgan fingerprint density at radius 2 is 2.00 bits per heavy atom. The lowest BCUT2D eigenvalue weighted by Gasteiger charge is -2.27. The zero-order chi connectivity index (χ0) is 18.9. The average molecular weight is 387 g/mol. The van der Waals surface area contributed by atoms with E-state index in [9.17, 15) is 0 Å². The van der Waals surface area contributed by atoms with Crippen molar-refractivity contribution in [1.29, 1.82) is 0 Å². The number of likely N-dealkylation sites (tertiary alicyclic amines) is 1. The third kappa shape index (κ3) is 5.79. The van der Waals surface area contributed by atoms with Crippen LogP contribution in [0.2, 0.25) is 0 Å². The largest absolute Gasteiger partial charge is 0.380 e. The normalized spacial score (nSPS) is 16.4. The van der Waals surface area contributed by atoms with Crippen molar-refractivity contribution in [3.05, 3.63) is 57.8 Å². The summed E-state index contributed by atoms with van der Waals surface area (Å²) in [5.41, 5.74) is 2.41. The van der Waals surface area contributed by atoms with Gasteiger partial charge in [-0.05, 0) is 48.5 Å². The van der Waals surface area contributed by atoms with E-state index in [1.54, 1.807) is 7.11 Å². The molecule has 2 heterocycles. The maximum absolute atomic E-state index is 5.22. The SMILES string of the molecule is CN=C(NCc1cccc(COC)c1)NCC(c1cccs1)N1CCCC1. The number of aliphatic imine (C=N–C) groups is 1. The van der Waals surface area contributed by atoms with Gasteiger partial charge in [0.15, 0.2) is 5.96 Å². The Hall–Kier alpha value is -1.89. The van der Waals surface area contributed by atoms with Gasteiger partial charge in [0.1, 0.15) is 0 Å². The van der Waals surface area contributed by atoms with Crippen molar-refractivity contribution in [2.45, 2.75) is 32.0 Å². The Balaban J connectivity index is 1.55. The van der Waals surface area contributed by atoms with E-state index in [1.165, 1.54) is 41.9 Å². The third-order valence-corrected chi connectivity index (χ3v) is 5.88. The quantitative estimate of drug-likeness (QED) is 0.539. The second kappa shape index (κ2) is 10.4. The number of thiophene rings is 1. The minimum absolute atomic E-state index is 0.413. The Bertz CT molecular complexity index is 711. The van der Waals surface area contributed by atoms with Gasteiger partial charge in [-0.1, -0.05) is 30.3 Å². The van der Waals surface area contributed by atoms with Crippen LogP contribution in [0.5, 0.6) is 0 Å². The van der Waals surface area contributed by atoms with Crippen molar-refractivity contribution in [2.75, 3.05) is 33.8 Å². The minimum atomic E-state index is 0.413. The first kappa shape index (κ1) is 19.9. The molecule has 1 fully saturated rings. The van der Waals surface area contributed by atoms with Crippen LogP contribution in [-0.4, -0.2) is 44.7 Å². The molecule has 0 aliphatic carbocycles. The number of methoxy groups -OCH3 is 1. The lowest BCUT2D eigenvalue weighted by Crippen LogP contribution is -2.42. The Morgan fingerprint density at radius 1 is 1.19 bits per heavy atom. The van der Waals surface area contributed by atoms with Gasteiger partial charge in [0, 0.05) is 32.1 Å². The molecule has 1 aliphatic rings. The molecule has 1 unspecified atom stereocenters. The van der Waals surface area contributed by atoms with Crippen molar-refractivity contribution in [1.82, 2.24) is 15.5 Å². The first-order chi connectivity index (χ1) is 13.3. The minimum Gasteiger partial charge on any atom is -0.380 e. The molecule has 0 amide bonds. The zero-order valence-electron chi connectivity index (χ0n) is 16.3. The number of hydrogen-bond donors (Lipinski definition) is 2. The molecule has 0 bridgehead atoms. The summed E-state index contributed by atoms with van der Waals surface area (Å²) in [5, 5.41) is 9.12. The smallest absolute Gasteiger partial charge is 0.191 e. The topological polar surface area (TPSA) is 48.9 Å². The Kier molecular flexibility index (Phi) is 7.68. The summed E-state index contributed by atoms with van der Waals surface area (Å²) in [6.07, 6.45) is 2.60. The first-order valence-corrected chi connectivity index (χ1v) is 10.5. The third-order valence-electron chi connectivity index (χ3n) is 4.90. The second-order valence-electron chi connectivity index (χ2n) is 6.83. The van der Waals surface area contributed by atoms with E-state index in [-0.39, 0.29) is 0 Å². The average Bonchev–Trinajstić information content (AvgIpc) is 3.40. The van der Waals surface area contributed by atoms with E-state index in [0.717, 1.165) is 19.0 Å². The van der Waals surface area contributed by atoms with Crippen LogP contribution in [0.25, 0.3) is 0 Å². The summed E-state index contributed by atoms with van der Waals surface area (Å²) in [6.45, 7) is 4.61. The predicted molar refractivity (Wildman–Crippen MR) is 113 cm³/mol. The lowest BCUT2D eigenvalue weighted by molar-refractivity contribution is 0.185. The van der Waals surface area contributed by atoms with E-state index in [4.69, 9.17) is 4.74 Å². The summed E-state index contributed by atoms with van der Waals surface area (Å²) >= 11 is 1.84. The zero-order valence-corrected chi connectivity index (χ0v) is 17.1. The number of nitrogens with one attached hydrogen (secondary N) is 2. The Morgan fingerprint density at radius 3 is 2.70 bits per heavy atom. The predicted octanol–water partition coefficient (Wildman–Crippen LogP) is 3.40. The highest BCUT2D eigenvalue weighted by atomic mass is 32.1. The monoisotopic (exact) mass is 386 g/mol. The van der Waals surface area contributed by atoms with Gasteiger partial charge in [-0.2, -0.15) is 0 Å². The van der Waals surface area contributed by atoms with E-state index in [0.29, 0.717) is 12.6 Å². The van der Waals surface area contributed by atoms with Crippen molar-refractivity contribution < 1.29 is 4.74 Å². The van der Waals surface area contributed by atoms with Gasteiger partial charge < -0.3 is 15.4 Å². The van der Waals surface area contributed by atoms with Crippen molar-refractivity contribution in [3.63, 3.8) is 0 Å². The van der Waals surface area contributed by atoms with Crippen LogP contribution < -0.4 is 10.6 Å². The second-order valence-corrected chi connectivity index (χ2v) is 7.81. The highest BCUT2D eigenvalue weighted by Crippen LogP contribution is 2.27. The molecule has 2 N–H and O–H groups in total. The highest BCUT2D eigenvalue weighted by Gasteiger charge is 2.24. The number of hydrogen-bond acceptors (Lipinski definition) is 4. The van der Waals surface area contributed by atoms with Crippen LogP contribution in [0.3, 0.4) is 0 Å². The van der Waals surface area contributed by atoms with Gasteiger partial charge in [0.25, 0.3) is 0 Å². The fourth-order valence-electron chi connectivity index (χ4n) is 3.54. The van der Waals surface area contributed by atoms with Gasteiger partial charge in [0.05, 0.1) is 12.6 Å². The molecule has 6 heteroatoms. The van der Waals surface area contributed by atoms with E-state index in [1.807, 2.05) is 18.4 Å².